The highest BCUT2D eigenvalue weighted by molar-refractivity contribution is 9.10. The first-order chi connectivity index (χ1) is 15.1. The van der Waals surface area contributed by atoms with Crippen molar-refractivity contribution in [3.63, 3.8) is 0 Å². The summed E-state index contributed by atoms with van der Waals surface area (Å²) in [6, 6.07) is 8.11. The van der Waals surface area contributed by atoms with Crippen LogP contribution in [-0.4, -0.2) is 52.1 Å². The molecular weight excluding hydrogens is 585 g/mol. The Bertz CT molecular complexity index is 1180. The van der Waals surface area contributed by atoms with Gasteiger partial charge in [-0.15, -0.1) is 0 Å². The summed E-state index contributed by atoms with van der Waals surface area (Å²) in [4.78, 5) is 33.9. The Labute approximate surface area is 212 Å². The highest BCUT2D eigenvalue weighted by Gasteiger charge is 2.28. The van der Waals surface area contributed by atoms with Gasteiger partial charge in [-0.25, -0.2) is 9.67 Å². The molecule has 3 aromatic rings. The molecule has 0 atom stereocenters. The van der Waals surface area contributed by atoms with Gasteiger partial charge in [0.25, 0.3) is 11.8 Å². The fourth-order valence-corrected chi connectivity index (χ4v) is 4.84. The van der Waals surface area contributed by atoms with Crippen molar-refractivity contribution in [2.45, 2.75) is 13.3 Å². The Morgan fingerprint density at radius 3 is 2.50 bits per heavy atom. The number of pyridine rings is 1. The quantitative estimate of drug-likeness (QED) is 0.354. The second kappa shape index (κ2) is 10.3. The third-order valence-electron chi connectivity index (χ3n) is 4.64. The molecule has 0 spiro atoms. The van der Waals surface area contributed by atoms with Crippen molar-refractivity contribution in [2.75, 3.05) is 25.5 Å². The normalized spacial score (nSPS) is 10.8. The summed E-state index contributed by atoms with van der Waals surface area (Å²) in [7, 11) is 3.29. The second-order valence-corrected chi connectivity index (χ2v) is 9.46. The first-order valence-corrected chi connectivity index (χ1v) is 11.9. The minimum absolute atomic E-state index is 0.210. The van der Waals surface area contributed by atoms with E-state index in [0.717, 1.165) is 6.42 Å². The zero-order chi connectivity index (χ0) is 23.6. The molecule has 32 heavy (non-hydrogen) atoms. The summed E-state index contributed by atoms with van der Waals surface area (Å²) in [5, 5.41) is 5.03. The second-order valence-electron chi connectivity index (χ2n) is 6.95. The Balaban J connectivity index is 2.10. The van der Waals surface area contributed by atoms with Crippen LogP contribution in [-0.2, 0) is 0 Å². The van der Waals surface area contributed by atoms with E-state index in [2.05, 4.69) is 41.9 Å². The Hall–Kier alpha value is -1.94. The number of anilines is 1. The van der Waals surface area contributed by atoms with Crippen LogP contribution in [0.25, 0.3) is 5.82 Å². The largest absolute Gasteiger partial charge is 0.342 e. The van der Waals surface area contributed by atoms with E-state index < -0.39 is 5.91 Å². The molecule has 0 N–H and O–H groups in total. The van der Waals surface area contributed by atoms with Gasteiger partial charge in [-0.05, 0) is 62.5 Å². The summed E-state index contributed by atoms with van der Waals surface area (Å²) in [5.41, 5.74) is 0.905. The molecule has 0 fully saturated rings. The Morgan fingerprint density at radius 1 is 1.12 bits per heavy atom. The third-order valence-corrected chi connectivity index (χ3v) is 6.15. The van der Waals surface area contributed by atoms with E-state index in [4.69, 9.17) is 23.2 Å². The number of rotatable bonds is 6. The lowest BCUT2D eigenvalue weighted by molar-refractivity contribution is 0.0795. The van der Waals surface area contributed by atoms with Crippen LogP contribution in [0.3, 0.4) is 0 Å². The number of aromatic nitrogens is 3. The number of amides is 2. The number of hydrogen-bond acceptors (Lipinski definition) is 4. The van der Waals surface area contributed by atoms with Gasteiger partial charge < -0.3 is 9.80 Å². The standard InChI is InChI=1S/C21H19Br2Cl2N5O2/c1-4-8-28(2)20(31)13-9-12(24)10-14(22)18(13)29(3)21(32)16-11-17(23)27-30(16)19-15(25)6-5-7-26-19/h5-7,9-11H,4,8H2,1-3H3. The lowest BCUT2D eigenvalue weighted by Crippen LogP contribution is -2.33. The van der Waals surface area contributed by atoms with Gasteiger partial charge in [0.05, 0.1) is 16.3 Å². The molecular formula is C21H19Br2Cl2N5O2. The fraction of sp³-hybridized carbons (Fsp3) is 0.238. The molecule has 0 radical (unpaired) electrons. The molecule has 0 aliphatic rings. The number of hydrogen-bond donors (Lipinski definition) is 0. The van der Waals surface area contributed by atoms with Crippen LogP contribution in [0.5, 0.6) is 0 Å². The SMILES string of the molecule is CCCN(C)C(=O)c1cc(Cl)cc(Br)c1N(C)C(=O)c1cc(Br)nn1-c1ncccc1Cl. The summed E-state index contributed by atoms with van der Waals surface area (Å²) in [6.45, 7) is 2.55. The number of carbonyl (C=O) groups excluding carboxylic acids is 2. The molecule has 2 aromatic heterocycles. The van der Waals surface area contributed by atoms with E-state index in [1.807, 2.05) is 6.92 Å². The average molecular weight is 604 g/mol. The van der Waals surface area contributed by atoms with Gasteiger partial charge in [-0.3, -0.25) is 9.59 Å². The molecule has 7 nitrogen and oxygen atoms in total. The Morgan fingerprint density at radius 2 is 1.84 bits per heavy atom. The summed E-state index contributed by atoms with van der Waals surface area (Å²) in [6.07, 6.45) is 2.36. The van der Waals surface area contributed by atoms with Crippen LogP contribution < -0.4 is 4.90 Å². The predicted octanol–water partition coefficient (Wildman–Crippen LogP) is 5.86. The van der Waals surface area contributed by atoms with E-state index in [9.17, 15) is 9.59 Å². The number of benzene rings is 1. The minimum Gasteiger partial charge on any atom is -0.342 e. The van der Waals surface area contributed by atoms with Crippen LogP contribution in [0.4, 0.5) is 5.69 Å². The topological polar surface area (TPSA) is 71.3 Å². The molecule has 2 amide bonds. The van der Waals surface area contributed by atoms with Gasteiger partial charge in [0.1, 0.15) is 10.3 Å². The van der Waals surface area contributed by atoms with E-state index >= 15 is 0 Å². The molecule has 0 saturated carbocycles. The Kier molecular flexibility index (Phi) is 7.97. The van der Waals surface area contributed by atoms with Gasteiger partial charge in [0, 0.05) is 42.4 Å². The molecule has 168 valence electrons. The smallest absolute Gasteiger partial charge is 0.276 e. The van der Waals surface area contributed by atoms with Crippen molar-refractivity contribution in [1.29, 1.82) is 0 Å². The lowest BCUT2D eigenvalue weighted by atomic mass is 10.1. The summed E-state index contributed by atoms with van der Waals surface area (Å²) < 4.78 is 2.31. The molecule has 0 bridgehead atoms. The van der Waals surface area contributed by atoms with E-state index in [-0.39, 0.29) is 11.6 Å². The highest BCUT2D eigenvalue weighted by Crippen LogP contribution is 2.35. The van der Waals surface area contributed by atoms with Crippen molar-refractivity contribution >= 4 is 72.6 Å². The van der Waals surface area contributed by atoms with Crippen molar-refractivity contribution in [3.05, 3.63) is 66.9 Å². The molecule has 2 heterocycles. The van der Waals surface area contributed by atoms with Gasteiger partial charge in [0.2, 0.25) is 0 Å². The van der Waals surface area contributed by atoms with E-state index in [1.165, 1.54) is 9.58 Å². The van der Waals surface area contributed by atoms with Crippen LogP contribution in [0.1, 0.15) is 34.2 Å². The third kappa shape index (κ3) is 5.01. The molecule has 0 aliphatic heterocycles. The van der Waals surface area contributed by atoms with Crippen LogP contribution in [0, 0.1) is 0 Å². The fourth-order valence-electron chi connectivity index (χ4n) is 3.19. The van der Waals surface area contributed by atoms with Crippen LogP contribution >= 0.6 is 55.1 Å². The summed E-state index contributed by atoms with van der Waals surface area (Å²) in [5.74, 6) is -0.349. The van der Waals surface area contributed by atoms with Gasteiger partial charge in [-0.1, -0.05) is 30.1 Å². The minimum atomic E-state index is -0.417. The van der Waals surface area contributed by atoms with Crippen molar-refractivity contribution < 1.29 is 9.59 Å². The van der Waals surface area contributed by atoms with Crippen molar-refractivity contribution in [3.8, 4) is 5.82 Å². The number of nitrogens with zero attached hydrogens (tertiary/aromatic N) is 5. The van der Waals surface area contributed by atoms with Gasteiger partial charge >= 0.3 is 0 Å². The van der Waals surface area contributed by atoms with Crippen LogP contribution in [0.2, 0.25) is 10.0 Å². The molecule has 1 aromatic carbocycles. The highest BCUT2D eigenvalue weighted by atomic mass is 79.9. The first kappa shape index (κ1) is 24.7. The maximum atomic E-state index is 13.6. The maximum absolute atomic E-state index is 13.6. The maximum Gasteiger partial charge on any atom is 0.276 e. The predicted molar refractivity (Wildman–Crippen MR) is 133 cm³/mol. The van der Waals surface area contributed by atoms with Gasteiger partial charge in [0.15, 0.2) is 5.82 Å². The monoisotopic (exact) mass is 601 g/mol. The summed E-state index contributed by atoms with van der Waals surface area (Å²) >= 11 is 19.3. The molecule has 11 heteroatoms. The van der Waals surface area contributed by atoms with E-state index in [1.54, 1.807) is 55.5 Å². The molecule has 0 unspecified atom stereocenters. The first-order valence-electron chi connectivity index (χ1n) is 9.54. The van der Waals surface area contributed by atoms with E-state index in [0.29, 0.717) is 42.7 Å². The van der Waals surface area contributed by atoms with Gasteiger partial charge in [-0.2, -0.15) is 5.10 Å². The van der Waals surface area contributed by atoms with Crippen molar-refractivity contribution in [1.82, 2.24) is 19.7 Å². The molecule has 0 saturated heterocycles. The zero-order valence-electron chi connectivity index (χ0n) is 17.4. The zero-order valence-corrected chi connectivity index (χ0v) is 22.1. The van der Waals surface area contributed by atoms with Crippen molar-refractivity contribution in [2.24, 2.45) is 0 Å². The number of carbonyl (C=O) groups is 2. The lowest BCUT2D eigenvalue weighted by Gasteiger charge is -2.25. The average Bonchev–Trinajstić information content (AvgIpc) is 3.13. The molecule has 3 rings (SSSR count). The molecule has 0 aliphatic carbocycles. The van der Waals surface area contributed by atoms with Crippen LogP contribution in [0.15, 0.2) is 45.6 Å². The number of halogens is 4.